The summed E-state index contributed by atoms with van der Waals surface area (Å²) in [6.45, 7) is 3.69. The second-order valence-corrected chi connectivity index (χ2v) is 5.03. The minimum atomic E-state index is -1.01. The van der Waals surface area contributed by atoms with Crippen molar-refractivity contribution in [3.05, 3.63) is 0 Å². The molecule has 0 aliphatic heterocycles. The second-order valence-electron chi connectivity index (χ2n) is 5.03. The Balaban J connectivity index is 2.43. The van der Waals surface area contributed by atoms with Crippen LogP contribution < -0.4 is 5.32 Å². The highest BCUT2D eigenvalue weighted by Gasteiger charge is 2.26. The molecule has 1 rings (SSSR count). The Hall–Kier alpha value is -1.26. The van der Waals surface area contributed by atoms with Gasteiger partial charge >= 0.3 is 12.0 Å². The van der Waals surface area contributed by atoms with Crippen LogP contribution >= 0.6 is 0 Å². The van der Waals surface area contributed by atoms with Gasteiger partial charge in [-0.15, -0.1) is 0 Å². The van der Waals surface area contributed by atoms with Crippen molar-refractivity contribution in [2.75, 3.05) is 7.05 Å². The zero-order valence-electron chi connectivity index (χ0n) is 10.8. The number of carboxylic acid groups (broad SMARTS) is 1. The van der Waals surface area contributed by atoms with E-state index < -0.39 is 12.0 Å². The predicted octanol–water partition coefficient (Wildman–Crippen LogP) is 1.68. The predicted molar refractivity (Wildman–Crippen MR) is 64.8 cm³/mol. The van der Waals surface area contributed by atoms with Gasteiger partial charge in [0, 0.05) is 13.1 Å². The van der Waals surface area contributed by atoms with Gasteiger partial charge in [0.15, 0.2) is 0 Å². The highest BCUT2D eigenvalue weighted by molar-refractivity contribution is 5.82. The number of hydrogen-bond donors (Lipinski definition) is 2. The van der Waals surface area contributed by atoms with Gasteiger partial charge in [-0.05, 0) is 38.5 Å². The molecule has 0 radical (unpaired) electrons. The fraction of sp³-hybridized carbons (Fsp3) is 0.833. The maximum Gasteiger partial charge on any atom is 0.325 e. The second kappa shape index (κ2) is 5.89. The average molecular weight is 242 g/mol. The molecule has 0 heterocycles. The molecule has 1 aliphatic rings. The van der Waals surface area contributed by atoms with E-state index >= 15 is 0 Å². The van der Waals surface area contributed by atoms with Crippen LogP contribution in [0.5, 0.6) is 0 Å². The van der Waals surface area contributed by atoms with Crippen molar-refractivity contribution in [1.82, 2.24) is 10.2 Å². The summed E-state index contributed by atoms with van der Waals surface area (Å²) in [5, 5.41) is 11.2. The fourth-order valence-corrected chi connectivity index (χ4v) is 2.14. The average Bonchev–Trinajstić information content (AvgIpc) is 2.28. The van der Waals surface area contributed by atoms with Crippen molar-refractivity contribution in [1.29, 1.82) is 0 Å². The number of amides is 2. The molecule has 1 aliphatic carbocycles. The SMILES string of the molecule is CC1CCC(N(C)C(=O)N[C@@H](C)C(=O)O)CC1. The third kappa shape index (κ3) is 3.91. The Morgan fingerprint density at radius 1 is 1.29 bits per heavy atom. The van der Waals surface area contributed by atoms with Crippen LogP contribution in [0.4, 0.5) is 4.79 Å². The van der Waals surface area contributed by atoms with E-state index in [1.165, 1.54) is 6.92 Å². The van der Waals surface area contributed by atoms with Crippen LogP contribution in [0.15, 0.2) is 0 Å². The lowest BCUT2D eigenvalue weighted by Crippen LogP contribution is -2.49. The number of carbonyl (C=O) groups excluding carboxylic acids is 1. The molecule has 0 aromatic heterocycles. The largest absolute Gasteiger partial charge is 0.480 e. The molecule has 1 fully saturated rings. The summed E-state index contributed by atoms with van der Waals surface area (Å²) < 4.78 is 0. The van der Waals surface area contributed by atoms with Gasteiger partial charge in [-0.2, -0.15) is 0 Å². The van der Waals surface area contributed by atoms with Gasteiger partial charge in [0.05, 0.1) is 0 Å². The number of carboxylic acids is 1. The molecule has 0 bridgehead atoms. The molecule has 0 aromatic rings. The first-order valence-electron chi connectivity index (χ1n) is 6.18. The molecule has 0 aromatic carbocycles. The Labute approximate surface area is 102 Å². The number of nitrogens with zero attached hydrogens (tertiary/aromatic N) is 1. The van der Waals surface area contributed by atoms with Gasteiger partial charge < -0.3 is 15.3 Å². The summed E-state index contributed by atoms with van der Waals surface area (Å²) >= 11 is 0. The Morgan fingerprint density at radius 2 is 1.82 bits per heavy atom. The molecular formula is C12H22N2O3. The van der Waals surface area contributed by atoms with E-state index in [0.29, 0.717) is 0 Å². The monoisotopic (exact) mass is 242 g/mol. The van der Waals surface area contributed by atoms with Crippen molar-refractivity contribution in [2.24, 2.45) is 5.92 Å². The summed E-state index contributed by atoms with van der Waals surface area (Å²) in [6.07, 6.45) is 4.28. The van der Waals surface area contributed by atoms with E-state index in [0.717, 1.165) is 31.6 Å². The zero-order valence-corrected chi connectivity index (χ0v) is 10.8. The first-order chi connectivity index (χ1) is 7.91. The Morgan fingerprint density at radius 3 is 2.29 bits per heavy atom. The third-order valence-electron chi connectivity index (χ3n) is 3.56. The van der Waals surface area contributed by atoms with Crippen LogP contribution in [0, 0.1) is 5.92 Å². The van der Waals surface area contributed by atoms with Crippen LogP contribution in [0.25, 0.3) is 0 Å². The Bertz CT molecular complexity index is 285. The fourth-order valence-electron chi connectivity index (χ4n) is 2.14. The van der Waals surface area contributed by atoms with Gasteiger partial charge in [0.2, 0.25) is 0 Å². The number of aliphatic carboxylic acids is 1. The quantitative estimate of drug-likeness (QED) is 0.791. The van der Waals surface area contributed by atoms with Gasteiger partial charge in [0.25, 0.3) is 0 Å². The van der Waals surface area contributed by atoms with E-state index in [4.69, 9.17) is 5.11 Å². The van der Waals surface area contributed by atoms with E-state index in [9.17, 15) is 9.59 Å². The molecule has 17 heavy (non-hydrogen) atoms. The number of rotatable bonds is 3. The van der Waals surface area contributed by atoms with Crippen LogP contribution in [-0.2, 0) is 4.79 Å². The lowest BCUT2D eigenvalue weighted by molar-refractivity contribution is -0.138. The lowest BCUT2D eigenvalue weighted by atomic mass is 9.87. The molecule has 0 saturated heterocycles. The topological polar surface area (TPSA) is 69.6 Å². The summed E-state index contributed by atoms with van der Waals surface area (Å²) in [7, 11) is 1.74. The molecular weight excluding hydrogens is 220 g/mol. The first kappa shape index (κ1) is 13.8. The Kier molecular flexibility index (Phi) is 4.78. The van der Waals surface area contributed by atoms with Gasteiger partial charge in [-0.25, -0.2) is 4.79 Å². The maximum atomic E-state index is 11.8. The third-order valence-corrected chi connectivity index (χ3v) is 3.56. The van der Waals surface area contributed by atoms with Crippen molar-refractivity contribution in [3.63, 3.8) is 0 Å². The van der Waals surface area contributed by atoms with Crippen molar-refractivity contribution in [2.45, 2.75) is 51.6 Å². The zero-order chi connectivity index (χ0) is 13.0. The minimum absolute atomic E-state index is 0.243. The molecule has 5 nitrogen and oxygen atoms in total. The molecule has 0 unspecified atom stereocenters. The number of urea groups is 1. The summed E-state index contributed by atoms with van der Waals surface area (Å²) in [6, 6.07) is -0.890. The summed E-state index contributed by atoms with van der Waals surface area (Å²) in [5.74, 6) is -0.273. The van der Waals surface area contributed by atoms with Gasteiger partial charge in [-0.1, -0.05) is 6.92 Å². The van der Waals surface area contributed by atoms with Crippen molar-refractivity contribution < 1.29 is 14.7 Å². The minimum Gasteiger partial charge on any atom is -0.480 e. The molecule has 1 atom stereocenters. The van der Waals surface area contributed by atoms with Crippen molar-refractivity contribution >= 4 is 12.0 Å². The van der Waals surface area contributed by atoms with Crippen molar-refractivity contribution in [3.8, 4) is 0 Å². The number of hydrogen-bond acceptors (Lipinski definition) is 2. The first-order valence-corrected chi connectivity index (χ1v) is 6.18. The number of carbonyl (C=O) groups is 2. The highest BCUT2D eigenvalue weighted by atomic mass is 16.4. The summed E-state index contributed by atoms with van der Waals surface area (Å²) in [5.41, 5.74) is 0. The van der Waals surface area contributed by atoms with Crippen LogP contribution in [-0.4, -0.2) is 41.1 Å². The molecule has 0 spiro atoms. The van der Waals surface area contributed by atoms with Crippen LogP contribution in [0.1, 0.15) is 39.5 Å². The smallest absolute Gasteiger partial charge is 0.325 e. The van der Waals surface area contributed by atoms with E-state index in [2.05, 4.69) is 12.2 Å². The molecule has 1 saturated carbocycles. The van der Waals surface area contributed by atoms with Crippen LogP contribution in [0.3, 0.4) is 0 Å². The van der Waals surface area contributed by atoms with E-state index in [-0.39, 0.29) is 12.1 Å². The number of nitrogens with one attached hydrogen (secondary N) is 1. The van der Waals surface area contributed by atoms with E-state index in [1.54, 1.807) is 11.9 Å². The van der Waals surface area contributed by atoms with Gasteiger partial charge in [-0.3, -0.25) is 4.79 Å². The highest BCUT2D eigenvalue weighted by Crippen LogP contribution is 2.26. The summed E-state index contributed by atoms with van der Waals surface area (Å²) in [4.78, 5) is 24.1. The van der Waals surface area contributed by atoms with Crippen LogP contribution in [0.2, 0.25) is 0 Å². The maximum absolute atomic E-state index is 11.8. The lowest BCUT2D eigenvalue weighted by Gasteiger charge is -2.33. The molecule has 2 N–H and O–H groups in total. The molecule has 98 valence electrons. The van der Waals surface area contributed by atoms with Gasteiger partial charge in [0.1, 0.15) is 6.04 Å². The molecule has 5 heteroatoms. The molecule has 2 amide bonds. The normalized spacial score (nSPS) is 26.1. The van der Waals surface area contributed by atoms with E-state index in [1.807, 2.05) is 0 Å². The standard InChI is InChI=1S/C12H22N2O3/c1-8-4-6-10(7-5-8)14(3)12(17)13-9(2)11(15)16/h8-10H,4-7H2,1-3H3,(H,13,17)(H,15,16)/t8?,9-,10?/m0/s1.